The van der Waals surface area contributed by atoms with Gasteiger partial charge in [0.2, 0.25) is 0 Å². The number of halogens is 1. The van der Waals surface area contributed by atoms with E-state index in [9.17, 15) is 9.18 Å². The lowest BCUT2D eigenvalue weighted by molar-refractivity contribution is -0.0379. The van der Waals surface area contributed by atoms with Gasteiger partial charge in [-0.05, 0) is 38.5 Å². The SMILES string of the molecule is COc1ccc([C@H](C)NC(=O)N2CCO[C@@H](C)[C@@H]2C)cc1F. The van der Waals surface area contributed by atoms with Gasteiger partial charge in [0, 0.05) is 6.54 Å². The smallest absolute Gasteiger partial charge is 0.318 e. The summed E-state index contributed by atoms with van der Waals surface area (Å²) < 4.78 is 24.2. The van der Waals surface area contributed by atoms with Gasteiger partial charge < -0.3 is 19.7 Å². The van der Waals surface area contributed by atoms with E-state index in [1.54, 1.807) is 17.0 Å². The fourth-order valence-electron chi connectivity index (χ4n) is 2.52. The maximum absolute atomic E-state index is 13.8. The van der Waals surface area contributed by atoms with Crippen LogP contribution in [-0.4, -0.2) is 43.3 Å². The molecule has 1 aromatic rings. The number of hydrogen-bond donors (Lipinski definition) is 1. The van der Waals surface area contributed by atoms with Gasteiger partial charge in [-0.3, -0.25) is 0 Å². The fourth-order valence-corrected chi connectivity index (χ4v) is 2.52. The van der Waals surface area contributed by atoms with Crippen molar-refractivity contribution in [2.45, 2.75) is 39.0 Å². The van der Waals surface area contributed by atoms with Gasteiger partial charge in [-0.15, -0.1) is 0 Å². The number of ether oxygens (including phenoxy) is 2. The molecule has 0 bridgehead atoms. The highest BCUT2D eigenvalue weighted by atomic mass is 19.1. The molecule has 0 spiro atoms. The summed E-state index contributed by atoms with van der Waals surface area (Å²) in [5, 5.41) is 2.91. The van der Waals surface area contributed by atoms with Crippen molar-refractivity contribution in [1.29, 1.82) is 0 Å². The van der Waals surface area contributed by atoms with E-state index in [-0.39, 0.29) is 30.0 Å². The lowest BCUT2D eigenvalue weighted by Crippen LogP contribution is -2.54. The van der Waals surface area contributed by atoms with Crippen LogP contribution in [0.15, 0.2) is 18.2 Å². The van der Waals surface area contributed by atoms with Crippen molar-refractivity contribution in [3.63, 3.8) is 0 Å². The molecule has 122 valence electrons. The Hall–Kier alpha value is -1.82. The molecule has 1 N–H and O–H groups in total. The molecule has 6 heteroatoms. The molecule has 1 aromatic carbocycles. The topological polar surface area (TPSA) is 50.8 Å². The third kappa shape index (κ3) is 3.50. The van der Waals surface area contributed by atoms with Gasteiger partial charge in [0.15, 0.2) is 11.6 Å². The Labute approximate surface area is 130 Å². The number of benzene rings is 1. The van der Waals surface area contributed by atoms with E-state index in [0.29, 0.717) is 18.7 Å². The van der Waals surface area contributed by atoms with Crippen LogP contribution in [0, 0.1) is 5.82 Å². The number of carbonyl (C=O) groups is 1. The number of hydrogen-bond acceptors (Lipinski definition) is 3. The number of methoxy groups -OCH3 is 1. The summed E-state index contributed by atoms with van der Waals surface area (Å²) in [5.41, 5.74) is 0.695. The van der Waals surface area contributed by atoms with Crippen LogP contribution in [0.25, 0.3) is 0 Å². The van der Waals surface area contributed by atoms with Gasteiger partial charge in [-0.2, -0.15) is 0 Å². The number of nitrogens with one attached hydrogen (secondary N) is 1. The number of rotatable bonds is 3. The van der Waals surface area contributed by atoms with E-state index in [4.69, 9.17) is 9.47 Å². The van der Waals surface area contributed by atoms with E-state index in [2.05, 4.69) is 5.32 Å². The summed E-state index contributed by atoms with van der Waals surface area (Å²) in [6.07, 6.45) is 0.00763. The molecule has 1 aliphatic rings. The van der Waals surface area contributed by atoms with Crippen LogP contribution in [-0.2, 0) is 4.74 Å². The second-order valence-corrected chi connectivity index (χ2v) is 5.58. The van der Waals surface area contributed by atoms with Gasteiger partial charge in [0.25, 0.3) is 0 Å². The van der Waals surface area contributed by atoms with Crippen LogP contribution in [0.4, 0.5) is 9.18 Å². The molecule has 1 fully saturated rings. The maximum Gasteiger partial charge on any atom is 0.318 e. The molecular formula is C16H23FN2O3. The Morgan fingerprint density at radius 2 is 2.23 bits per heavy atom. The number of nitrogens with zero attached hydrogens (tertiary/aromatic N) is 1. The summed E-state index contributed by atoms with van der Waals surface area (Å²) in [4.78, 5) is 14.1. The molecule has 0 radical (unpaired) electrons. The molecule has 2 amide bonds. The van der Waals surface area contributed by atoms with Crippen molar-refractivity contribution in [3.8, 4) is 5.75 Å². The Morgan fingerprint density at radius 3 is 2.86 bits per heavy atom. The lowest BCUT2D eigenvalue weighted by Gasteiger charge is -2.38. The zero-order chi connectivity index (χ0) is 16.3. The summed E-state index contributed by atoms with van der Waals surface area (Å²) in [6, 6.07) is 4.25. The van der Waals surface area contributed by atoms with Crippen LogP contribution in [0.1, 0.15) is 32.4 Å². The Kier molecular flexibility index (Phi) is 5.24. The first-order valence-corrected chi connectivity index (χ1v) is 7.46. The average molecular weight is 310 g/mol. The fraction of sp³-hybridized carbons (Fsp3) is 0.562. The van der Waals surface area contributed by atoms with Crippen LogP contribution < -0.4 is 10.1 Å². The van der Waals surface area contributed by atoms with Crippen molar-refractivity contribution < 1.29 is 18.7 Å². The number of morpholine rings is 1. The third-order valence-corrected chi connectivity index (χ3v) is 4.16. The normalized spacial score (nSPS) is 23.0. The second kappa shape index (κ2) is 6.96. The quantitative estimate of drug-likeness (QED) is 0.934. The molecule has 1 heterocycles. The zero-order valence-corrected chi connectivity index (χ0v) is 13.4. The lowest BCUT2D eigenvalue weighted by atomic mass is 10.1. The number of carbonyl (C=O) groups excluding carboxylic acids is 1. The van der Waals surface area contributed by atoms with Crippen LogP contribution >= 0.6 is 0 Å². The molecule has 1 aliphatic heterocycles. The molecule has 1 saturated heterocycles. The number of amides is 2. The molecule has 0 aromatic heterocycles. The van der Waals surface area contributed by atoms with E-state index in [1.165, 1.54) is 13.2 Å². The molecule has 22 heavy (non-hydrogen) atoms. The van der Waals surface area contributed by atoms with Crippen molar-refractivity contribution in [2.75, 3.05) is 20.3 Å². The van der Waals surface area contributed by atoms with Gasteiger partial charge in [-0.1, -0.05) is 6.07 Å². The highest BCUT2D eigenvalue weighted by Gasteiger charge is 2.29. The minimum absolute atomic E-state index is 0.00763. The van der Waals surface area contributed by atoms with Gasteiger partial charge >= 0.3 is 6.03 Å². The first-order chi connectivity index (χ1) is 10.4. The summed E-state index contributed by atoms with van der Waals surface area (Å²) in [7, 11) is 1.42. The predicted octanol–water partition coefficient (Wildman–Crippen LogP) is 2.71. The minimum Gasteiger partial charge on any atom is -0.494 e. The van der Waals surface area contributed by atoms with E-state index < -0.39 is 5.82 Å². The van der Waals surface area contributed by atoms with Crippen LogP contribution in [0.5, 0.6) is 5.75 Å². The summed E-state index contributed by atoms with van der Waals surface area (Å²) in [6.45, 7) is 6.83. The van der Waals surface area contributed by atoms with E-state index in [1.807, 2.05) is 20.8 Å². The molecule has 2 rings (SSSR count). The molecule has 5 nitrogen and oxygen atoms in total. The van der Waals surface area contributed by atoms with Crippen LogP contribution in [0.2, 0.25) is 0 Å². The Balaban J connectivity index is 2.03. The number of urea groups is 1. The van der Waals surface area contributed by atoms with Gasteiger partial charge in [0.05, 0.1) is 31.9 Å². The van der Waals surface area contributed by atoms with Crippen molar-refractivity contribution >= 4 is 6.03 Å². The maximum atomic E-state index is 13.8. The van der Waals surface area contributed by atoms with Gasteiger partial charge in [0.1, 0.15) is 0 Å². The first-order valence-electron chi connectivity index (χ1n) is 7.46. The Morgan fingerprint density at radius 1 is 1.50 bits per heavy atom. The van der Waals surface area contributed by atoms with E-state index >= 15 is 0 Å². The average Bonchev–Trinajstić information content (AvgIpc) is 2.49. The van der Waals surface area contributed by atoms with Crippen molar-refractivity contribution in [1.82, 2.24) is 10.2 Å². The molecule has 0 aliphatic carbocycles. The predicted molar refractivity (Wildman–Crippen MR) is 81.5 cm³/mol. The van der Waals surface area contributed by atoms with Crippen molar-refractivity contribution in [2.24, 2.45) is 0 Å². The zero-order valence-electron chi connectivity index (χ0n) is 13.4. The molecule has 0 saturated carbocycles. The molecular weight excluding hydrogens is 287 g/mol. The minimum atomic E-state index is -0.436. The largest absolute Gasteiger partial charge is 0.494 e. The summed E-state index contributed by atoms with van der Waals surface area (Å²) >= 11 is 0. The Bertz CT molecular complexity index is 538. The standard InChI is InChI=1S/C16H23FN2O3/c1-10(13-5-6-15(21-4)14(17)9-13)18-16(20)19-7-8-22-12(3)11(19)2/h5-6,9-12H,7-8H2,1-4H3,(H,18,20)/t10-,11-,12-/m0/s1. The molecule has 0 unspecified atom stereocenters. The molecule has 3 atom stereocenters. The second-order valence-electron chi connectivity index (χ2n) is 5.58. The highest BCUT2D eigenvalue weighted by molar-refractivity contribution is 5.75. The van der Waals surface area contributed by atoms with Crippen molar-refractivity contribution in [3.05, 3.63) is 29.6 Å². The van der Waals surface area contributed by atoms with Crippen LogP contribution in [0.3, 0.4) is 0 Å². The monoisotopic (exact) mass is 310 g/mol. The third-order valence-electron chi connectivity index (χ3n) is 4.16. The first kappa shape index (κ1) is 16.5. The van der Waals surface area contributed by atoms with E-state index in [0.717, 1.165) is 0 Å². The summed E-state index contributed by atoms with van der Waals surface area (Å²) in [5.74, 6) is -0.243. The van der Waals surface area contributed by atoms with Gasteiger partial charge in [-0.25, -0.2) is 9.18 Å². The highest BCUT2D eigenvalue weighted by Crippen LogP contribution is 2.22.